The molecule has 0 fully saturated rings. The standard InChI is InChI=1S/C14H21N.C2H6/c1-10(2)13-9-15(11(3)4)14-8-6-5-7-12(13)14;1-2/h5-8,10-11,13H,9H2,1-4H3;1-2H3. The van der Waals surface area contributed by atoms with Crippen molar-refractivity contribution < 1.29 is 0 Å². The van der Waals surface area contributed by atoms with Crippen molar-refractivity contribution in [2.45, 2.75) is 53.5 Å². The Balaban J connectivity index is 0.000000686. The fourth-order valence-corrected chi connectivity index (χ4v) is 2.53. The molecular formula is C16H27N. The van der Waals surface area contributed by atoms with Gasteiger partial charge in [0.1, 0.15) is 0 Å². The van der Waals surface area contributed by atoms with E-state index < -0.39 is 0 Å². The van der Waals surface area contributed by atoms with Gasteiger partial charge < -0.3 is 4.90 Å². The molecule has 2 rings (SSSR count). The van der Waals surface area contributed by atoms with Crippen LogP contribution in [0.1, 0.15) is 53.0 Å². The van der Waals surface area contributed by atoms with Crippen LogP contribution in [0.4, 0.5) is 5.69 Å². The smallest absolute Gasteiger partial charge is 0.0404 e. The van der Waals surface area contributed by atoms with Gasteiger partial charge in [0.2, 0.25) is 0 Å². The highest BCUT2D eigenvalue weighted by Crippen LogP contribution is 2.40. The molecule has 1 unspecified atom stereocenters. The summed E-state index contributed by atoms with van der Waals surface area (Å²) in [5.41, 5.74) is 2.99. The van der Waals surface area contributed by atoms with Gasteiger partial charge in [-0.3, -0.25) is 0 Å². The first kappa shape index (κ1) is 14.1. The van der Waals surface area contributed by atoms with E-state index in [9.17, 15) is 0 Å². The Labute approximate surface area is 107 Å². The summed E-state index contributed by atoms with van der Waals surface area (Å²) in [6.45, 7) is 14.4. The molecule has 0 saturated heterocycles. The first-order chi connectivity index (χ1) is 8.11. The second-order valence-corrected chi connectivity index (χ2v) is 5.16. The van der Waals surface area contributed by atoms with Crippen LogP contribution in [0, 0.1) is 5.92 Å². The Morgan fingerprint density at radius 3 is 2.18 bits per heavy atom. The van der Waals surface area contributed by atoms with Gasteiger partial charge in [0.15, 0.2) is 0 Å². The number of para-hydroxylation sites is 1. The predicted molar refractivity (Wildman–Crippen MR) is 77.9 cm³/mol. The minimum atomic E-state index is 0.606. The van der Waals surface area contributed by atoms with Crippen molar-refractivity contribution in [3.05, 3.63) is 29.8 Å². The molecule has 96 valence electrons. The molecule has 0 bridgehead atoms. The molecule has 0 saturated carbocycles. The van der Waals surface area contributed by atoms with E-state index >= 15 is 0 Å². The summed E-state index contributed by atoms with van der Waals surface area (Å²) in [7, 11) is 0. The zero-order valence-corrected chi connectivity index (χ0v) is 12.2. The number of hydrogen-bond donors (Lipinski definition) is 0. The topological polar surface area (TPSA) is 3.24 Å². The predicted octanol–water partition coefficient (Wildman–Crippen LogP) is 4.68. The number of rotatable bonds is 2. The molecule has 1 aromatic carbocycles. The van der Waals surface area contributed by atoms with Crippen molar-refractivity contribution >= 4 is 5.69 Å². The second-order valence-electron chi connectivity index (χ2n) is 5.16. The van der Waals surface area contributed by atoms with E-state index in [-0.39, 0.29) is 0 Å². The molecule has 1 aliphatic heterocycles. The molecule has 1 heteroatoms. The van der Waals surface area contributed by atoms with Crippen LogP contribution in [-0.4, -0.2) is 12.6 Å². The Hall–Kier alpha value is -0.980. The van der Waals surface area contributed by atoms with E-state index in [0.29, 0.717) is 12.0 Å². The van der Waals surface area contributed by atoms with Crippen molar-refractivity contribution in [1.82, 2.24) is 0 Å². The fraction of sp³-hybridized carbons (Fsp3) is 0.625. The molecule has 0 N–H and O–H groups in total. The van der Waals surface area contributed by atoms with Gasteiger partial charge in [-0.05, 0) is 31.4 Å². The highest BCUT2D eigenvalue weighted by atomic mass is 15.2. The molecule has 0 aliphatic carbocycles. The van der Waals surface area contributed by atoms with Crippen LogP contribution in [0.15, 0.2) is 24.3 Å². The largest absolute Gasteiger partial charge is 0.368 e. The Kier molecular flexibility index (Phi) is 5.04. The van der Waals surface area contributed by atoms with Gasteiger partial charge in [0, 0.05) is 24.2 Å². The summed E-state index contributed by atoms with van der Waals surface area (Å²) in [6.07, 6.45) is 0. The molecular weight excluding hydrogens is 206 g/mol. The number of fused-ring (bicyclic) bond motifs is 1. The lowest BCUT2D eigenvalue weighted by atomic mass is 9.90. The molecule has 0 spiro atoms. The Morgan fingerprint density at radius 1 is 1.06 bits per heavy atom. The van der Waals surface area contributed by atoms with Crippen LogP contribution in [0.3, 0.4) is 0 Å². The van der Waals surface area contributed by atoms with Gasteiger partial charge in [-0.2, -0.15) is 0 Å². The van der Waals surface area contributed by atoms with Crippen molar-refractivity contribution in [3.8, 4) is 0 Å². The average Bonchev–Trinajstić information content (AvgIpc) is 2.71. The first-order valence-electron chi connectivity index (χ1n) is 6.97. The van der Waals surface area contributed by atoms with Crippen molar-refractivity contribution in [1.29, 1.82) is 0 Å². The quantitative estimate of drug-likeness (QED) is 0.717. The summed E-state index contributed by atoms with van der Waals surface area (Å²) in [5.74, 6) is 1.44. The van der Waals surface area contributed by atoms with Crippen LogP contribution in [-0.2, 0) is 0 Å². The second kappa shape index (κ2) is 6.09. The lowest BCUT2D eigenvalue weighted by Crippen LogP contribution is -2.30. The summed E-state index contributed by atoms with van der Waals surface area (Å²) in [6, 6.07) is 9.48. The van der Waals surface area contributed by atoms with Crippen LogP contribution in [0.5, 0.6) is 0 Å². The number of nitrogens with zero attached hydrogens (tertiary/aromatic N) is 1. The maximum Gasteiger partial charge on any atom is 0.0404 e. The third-order valence-electron chi connectivity index (χ3n) is 3.47. The highest BCUT2D eigenvalue weighted by Gasteiger charge is 2.31. The third-order valence-corrected chi connectivity index (χ3v) is 3.47. The minimum absolute atomic E-state index is 0.606. The Bertz CT molecular complexity index is 308. The maximum atomic E-state index is 2.53. The van der Waals surface area contributed by atoms with E-state index in [0.717, 1.165) is 5.92 Å². The Morgan fingerprint density at radius 2 is 1.65 bits per heavy atom. The van der Waals surface area contributed by atoms with Gasteiger partial charge in [-0.1, -0.05) is 45.9 Å². The average molecular weight is 233 g/mol. The molecule has 1 aromatic rings. The van der Waals surface area contributed by atoms with E-state index in [1.807, 2.05) is 13.8 Å². The monoisotopic (exact) mass is 233 g/mol. The summed E-state index contributed by atoms with van der Waals surface area (Å²) in [4.78, 5) is 2.53. The van der Waals surface area contributed by atoms with E-state index in [1.165, 1.54) is 12.2 Å². The SMILES string of the molecule is CC.CC(C)C1CN(C(C)C)c2ccccc21. The van der Waals surface area contributed by atoms with Gasteiger partial charge in [-0.25, -0.2) is 0 Å². The van der Waals surface area contributed by atoms with Crippen LogP contribution in [0.2, 0.25) is 0 Å². The van der Waals surface area contributed by atoms with Crippen molar-refractivity contribution in [2.24, 2.45) is 5.92 Å². The highest BCUT2D eigenvalue weighted by molar-refractivity contribution is 5.60. The number of hydrogen-bond acceptors (Lipinski definition) is 1. The van der Waals surface area contributed by atoms with E-state index in [4.69, 9.17) is 0 Å². The van der Waals surface area contributed by atoms with Crippen LogP contribution >= 0.6 is 0 Å². The summed E-state index contributed by atoms with van der Waals surface area (Å²) >= 11 is 0. The minimum Gasteiger partial charge on any atom is -0.368 e. The zero-order chi connectivity index (χ0) is 13.0. The first-order valence-corrected chi connectivity index (χ1v) is 6.97. The van der Waals surface area contributed by atoms with Gasteiger partial charge >= 0.3 is 0 Å². The molecule has 0 radical (unpaired) electrons. The van der Waals surface area contributed by atoms with Crippen molar-refractivity contribution in [3.63, 3.8) is 0 Å². The van der Waals surface area contributed by atoms with Gasteiger partial charge in [0.25, 0.3) is 0 Å². The molecule has 0 aromatic heterocycles. The molecule has 1 atom stereocenters. The lowest BCUT2D eigenvalue weighted by Gasteiger charge is -2.25. The third kappa shape index (κ3) is 2.83. The van der Waals surface area contributed by atoms with Gasteiger partial charge in [-0.15, -0.1) is 0 Å². The molecule has 1 heterocycles. The van der Waals surface area contributed by atoms with E-state index in [2.05, 4.69) is 56.9 Å². The maximum absolute atomic E-state index is 2.53. The number of benzene rings is 1. The number of anilines is 1. The van der Waals surface area contributed by atoms with Crippen LogP contribution < -0.4 is 4.90 Å². The van der Waals surface area contributed by atoms with Crippen LogP contribution in [0.25, 0.3) is 0 Å². The fourth-order valence-electron chi connectivity index (χ4n) is 2.53. The molecule has 17 heavy (non-hydrogen) atoms. The summed E-state index contributed by atoms with van der Waals surface area (Å²) < 4.78 is 0. The van der Waals surface area contributed by atoms with E-state index in [1.54, 1.807) is 5.56 Å². The molecule has 1 nitrogen and oxygen atoms in total. The van der Waals surface area contributed by atoms with Gasteiger partial charge in [0.05, 0.1) is 0 Å². The zero-order valence-electron chi connectivity index (χ0n) is 12.2. The summed E-state index contributed by atoms with van der Waals surface area (Å²) in [5, 5.41) is 0. The molecule has 1 aliphatic rings. The normalized spacial score (nSPS) is 18.1. The molecule has 0 amide bonds. The lowest BCUT2D eigenvalue weighted by molar-refractivity contribution is 0.505. The van der Waals surface area contributed by atoms with Crippen molar-refractivity contribution in [2.75, 3.05) is 11.4 Å².